The van der Waals surface area contributed by atoms with Gasteiger partial charge in [-0.1, -0.05) is 23.8 Å². The summed E-state index contributed by atoms with van der Waals surface area (Å²) in [7, 11) is -2.60. The number of nitrogens with zero attached hydrogens (tertiary/aromatic N) is 3. The Hall–Kier alpha value is -4.05. The summed E-state index contributed by atoms with van der Waals surface area (Å²) in [5.41, 5.74) is 4.71. The summed E-state index contributed by atoms with van der Waals surface area (Å²) in [5, 5.41) is -0.201. The van der Waals surface area contributed by atoms with Gasteiger partial charge in [-0.25, -0.2) is 14.7 Å². The third-order valence-electron chi connectivity index (χ3n) is 5.54. The molecule has 1 N–H and O–H groups in total. The van der Waals surface area contributed by atoms with Crippen LogP contribution in [0.5, 0.6) is 17.5 Å². The third-order valence-corrected chi connectivity index (χ3v) is 6.81. The Morgan fingerprint density at radius 1 is 1.00 bits per heavy atom. The maximum absolute atomic E-state index is 13.1. The lowest BCUT2D eigenvalue weighted by Crippen LogP contribution is -2.35. The first-order valence-electron chi connectivity index (χ1n) is 11.1. The Morgan fingerprint density at radius 2 is 1.72 bits per heavy atom. The molecule has 0 radical (unpaired) electrons. The van der Waals surface area contributed by atoms with Crippen molar-refractivity contribution in [3.63, 3.8) is 0 Å². The first kappa shape index (κ1) is 25.1. The van der Waals surface area contributed by atoms with Gasteiger partial charge in [0.1, 0.15) is 11.3 Å². The summed E-state index contributed by atoms with van der Waals surface area (Å²) in [4.78, 5) is 25.9. The van der Waals surface area contributed by atoms with Crippen LogP contribution in [0.25, 0.3) is 11.3 Å². The second-order valence-electron chi connectivity index (χ2n) is 8.45. The number of pyridine rings is 2. The van der Waals surface area contributed by atoms with Gasteiger partial charge in [0.05, 0.1) is 19.3 Å². The first-order chi connectivity index (χ1) is 17.1. The van der Waals surface area contributed by atoms with Gasteiger partial charge in [-0.15, -0.1) is 0 Å². The molecule has 10 heteroatoms. The van der Waals surface area contributed by atoms with Crippen LogP contribution in [0.1, 0.15) is 32.6 Å². The Morgan fingerprint density at radius 3 is 2.33 bits per heavy atom. The number of carbonyl (C=O) groups is 1. The van der Waals surface area contributed by atoms with Crippen molar-refractivity contribution in [1.82, 2.24) is 14.7 Å². The number of hydrogen-bond donors (Lipinski definition) is 1. The van der Waals surface area contributed by atoms with Gasteiger partial charge in [-0.3, -0.25) is 9.79 Å². The number of sulfonamides is 1. The topological polar surface area (TPSA) is 120 Å². The largest absolute Gasteiger partial charge is 0.481 e. The fourth-order valence-electron chi connectivity index (χ4n) is 3.95. The average molecular weight is 507 g/mol. The van der Waals surface area contributed by atoms with Crippen LogP contribution in [0.2, 0.25) is 0 Å². The Labute approximate surface area is 210 Å². The zero-order valence-corrected chi connectivity index (χ0v) is 21.4. The van der Waals surface area contributed by atoms with Crippen LogP contribution in [0, 0.1) is 27.7 Å². The quantitative estimate of drug-likeness (QED) is 0.550. The van der Waals surface area contributed by atoms with Gasteiger partial charge in [-0.2, -0.15) is 8.42 Å². The van der Waals surface area contributed by atoms with Gasteiger partial charge in [0.15, 0.2) is 5.04 Å². The molecule has 0 aliphatic carbocycles. The van der Waals surface area contributed by atoms with Crippen LogP contribution in [0.15, 0.2) is 53.7 Å². The molecule has 0 atom stereocenters. The number of rotatable bonds is 5. The molecule has 0 spiro atoms. The van der Waals surface area contributed by atoms with Crippen molar-refractivity contribution in [3.05, 3.63) is 76.5 Å². The van der Waals surface area contributed by atoms with Crippen molar-refractivity contribution in [1.29, 1.82) is 0 Å². The minimum Gasteiger partial charge on any atom is -0.481 e. The lowest BCUT2D eigenvalue weighted by atomic mass is 10.1. The van der Waals surface area contributed by atoms with Crippen molar-refractivity contribution < 1.29 is 22.7 Å². The fourth-order valence-corrected chi connectivity index (χ4v) is 4.92. The van der Waals surface area contributed by atoms with E-state index in [1.165, 1.54) is 12.1 Å². The predicted octanol–water partition coefficient (Wildman–Crippen LogP) is 4.21. The van der Waals surface area contributed by atoms with E-state index in [-0.39, 0.29) is 23.0 Å². The van der Waals surface area contributed by atoms with Gasteiger partial charge in [0.25, 0.3) is 15.9 Å². The van der Waals surface area contributed by atoms with Gasteiger partial charge >= 0.3 is 0 Å². The van der Waals surface area contributed by atoms with Crippen LogP contribution in [-0.4, -0.2) is 43.0 Å². The van der Waals surface area contributed by atoms with Crippen LogP contribution in [0.3, 0.4) is 0 Å². The van der Waals surface area contributed by atoms with Crippen molar-refractivity contribution in [3.8, 4) is 28.8 Å². The number of aryl methyl sites for hydroxylation is 4. The van der Waals surface area contributed by atoms with E-state index < -0.39 is 15.9 Å². The van der Waals surface area contributed by atoms with Gasteiger partial charge in [-0.05, 0) is 63.1 Å². The van der Waals surface area contributed by atoms with Crippen molar-refractivity contribution in [2.24, 2.45) is 4.99 Å². The molecule has 1 amide bonds. The van der Waals surface area contributed by atoms with Crippen LogP contribution < -0.4 is 14.2 Å². The Balaban J connectivity index is 1.78. The summed E-state index contributed by atoms with van der Waals surface area (Å²) >= 11 is 0. The van der Waals surface area contributed by atoms with E-state index in [1.807, 2.05) is 45.9 Å². The number of ether oxygens (including phenoxy) is 2. The third kappa shape index (κ3) is 5.13. The molecule has 2 aromatic heterocycles. The number of benzene rings is 1. The molecule has 9 nitrogen and oxygen atoms in total. The van der Waals surface area contributed by atoms with Gasteiger partial charge in [0.2, 0.25) is 11.8 Å². The standard InChI is InChI=1S/C26H26N4O5S/c1-15-11-16(2)23(17(3)12-15)35-26-20(24(31)30-36(32,33)22-7-6-10-27-22)8-9-21(29-26)19-13-18(4)25(34-5)28-14-19/h6-9,11-14H,10H2,1-5H3,(H,30,31). The Bertz CT molecular complexity index is 1500. The van der Waals surface area contributed by atoms with E-state index in [1.54, 1.807) is 25.4 Å². The molecular formula is C26H26N4O5S. The predicted molar refractivity (Wildman–Crippen MR) is 137 cm³/mol. The molecule has 3 heterocycles. The van der Waals surface area contributed by atoms with Crippen molar-refractivity contribution in [2.75, 3.05) is 13.7 Å². The van der Waals surface area contributed by atoms with Gasteiger partial charge in [0, 0.05) is 17.3 Å². The zero-order valence-electron chi connectivity index (χ0n) is 20.6. The summed E-state index contributed by atoms with van der Waals surface area (Å²) in [6.45, 7) is 7.87. The highest BCUT2D eigenvalue weighted by Crippen LogP contribution is 2.33. The number of hydrogen-bond acceptors (Lipinski definition) is 8. The van der Waals surface area contributed by atoms with E-state index in [9.17, 15) is 13.2 Å². The maximum Gasteiger partial charge on any atom is 0.281 e. The molecule has 1 aliphatic heterocycles. The average Bonchev–Trinajstić information content (AvgIpc) is 3.37. The van der Waals surface area contributed by atoms with Crippen molar-refractivity contribution in [2.45, 2.75) is 27.7 Å². The zero-order chi connectivity index (χ0) is 26.0. The maximum atomic E-state index is 13.1. The summed E-state index contributed by atoms with van der Waals surface area (Å²) in [6, 6.07) is 8.86. The molecule has 0 bridgehead atoms. The fraction of sp³-hybridized carbons (Fsp3) is 0.231. The summed E-state index contributed by atoms with van der Waals surface area (Å²) in [6.07, 6.45) is 4.55. The highest BCUT2D eigenvalue weighted by molar-refractivity contribution is 8.05. The molecule has 36 heavy (non-hydrogen) atoms. The smallest absolute Gasteiger partial charge is 0.281 e. The minimum atomic E-state index is -4.14. The highest BCUT2D eigenvalue weighted by Gasteiger charge is 2.26. The van der Waals surface area contributed by atoms with Gasteiger partial charge < -0.3 is 9.47 Å². The highest BCUT2D eigenvalue weighted by atomic mass is 32.2. The second-order valence-corrected chi connectivity index (χ2v) is 10.1. The number of nitrogens with one attached hydrogen (secondary N) is 1. The molecule has 1 aromatic carbocycles. The second kappa shape index (κ2) is 9.90. The lowest BCUT2D eigenvalue weighted by Gasteiger charge is -2.16. The molecule has 186 valence electrons. The SMILES string of the molecule is COc1ncc(-c2ccc(C(=O)NS(=O)(=O)C3=NCC=C3)c(Oc3c(C)cc(C)cc3C)n2)cc1C. The number of methoxy groups -OCH3 is 1. The molecule has 0 unspecified atom stereocenters. The number of aliphatic imine (C=N–C) groups is 1. The van der Waals surface area contributed by atoms with Crippen LogP contribution >= 0.6 is 0 Å². The number of carbonyl (C=O) groups excluding carboxylic acids is 1. The summed E-state index contributed by atoms with van der Waals surface area (Å²) in [5.74, 6) is 0.117. The molecule has 0 saturated heterocycles. The number of amides is 1. The van der Waals surface area contributed by atoms with Crippen LogP contribution in [0.4, 0.5) is 0 Å². The molecule has 0 fully saturated rings. The minimum absolute atomic E-state index is 0.0346. The first-order valence-corrected chi connectivity index (χ1v) is 12.6. The molecule has 0 saturated carbocycles. The molecular weight excluding hydrogens is 480 g/mol. The monoisotopic (exact) mass is 506 g/mol. The van der Waals surface area contributed by atoms with E-state index in [4.69, 9.17) is 9.47 Å². The van der Waals surface area contributed by atoms with E-state index in [0.29, 0.717) is 22.9 Å². The molecule has 4 rings (SSSR count). The Kier molecular flexibility index (Phi) is 6.89. The van der Waals surface area contributed by atoms with E-state index in [2.05, 4.69) is 19.7 Å². The number of aromatic nitrogens is 2. The molecule has 1 aliphatic rings. The van der Waals surface area contributed by atoms with E-state index >= 15 is 0 Å². The lowest BCUT2D eigenvalue weighted by molar-refractivity contribution is 0.0979. The van der Waals surface area contributed by atoms with E-state index in [0.717, 1.165) is 22.3 Å². The normalized spacial score (nSPS) is 12.9. The molecule has 3 aromatic rings. The summed E-state index contributed by atoms with van der Waals surface area (Å²) < 4.78 is 38.7. The van der Waals surface area contributed by atoms with Crippen molar-refractivity contribution >= 4 is 21.0 Å². The van der Waals surface area contributed by atoms with Crippen LogP contribution in [-0.2, 0) is 10.0 Å².